The summed E-state index contributed by atoms with van der Waals surface area (Å²) in [6, 6.07) is 1.57. The molecule has 0 aliphatic heterocycles. The molecule has 2 N–H and O–H groups in total. The average molecular weight is 273 g/mol. The van der Waals surface area contributed by atoms with Crippen molar-refractivity contribution in [2.45, 2.75) is 11.8 Å². The molecule has 0 saturated carbocycles. The van der Waals surface area contributed by atoms with Crippen molar-refractivity contribution in [2.75, 3.05) is 5.32 Å². The molecule has 1 amide bonds. The van der Waals surface area contributed by atoms with E-state index >= 15 is 0 Å². The number of anilines is 1. The van der Waals surface area contributed by atoms with Gasteiger partial charge in [0.25, 0.3) is 0 Å². The van der Waals surface area contributed by atoms with Gasteiger partial charge >= 0.3 is 6.09 Å². The van der Waals surface area contributed by atoms with Crippen molar-refractivity contribution in [3.05, 3.63) is 23.4 Å². The lowest BCUT2D eigenvalue weighted by Gasteiger charge is -2.08. The van der Waals surface area contributed by atoms with Gasteiger partial charge in [0.05, 0.1) is 4.83 Å². The van der Waals surface area contributed by atoms with Crippen LogP contribution in [0.15, 0.2) is 12.3 Å². The molecule has 80 valence electrons. The summed E-state index contributed by atoms with van der Waals surface area (Å²) >= 11 is 3.17. The molecular weight excluding hydrogens is 264 g/mol. The van der Waals surface area contributed by atoms with Crippen LogP contribution < -0.4 is 5.32 Å². The molecule has 0 bridgehead atoms. The Hall–Kier alpha value is -1.43. The monoisotopic (exact) mass is 272 g/mol. The number of rotatable bonds is 3. The summed E-state index contributed by atoms with van der Waals surface area (Å²) in [4.78, 5) is 24.3. The summed E-state index contributed by atoms with van der Waals surface area (Å²) in [6.45, 7) is 1.78. The average Bonchev–Trinajstić information content (AvgIpc) is 2.16. The van der Waals surface area contributed by atoms with Gasteiger partial charge in [-0.1, -0.05) is 15.9 Å². The van der Waals surface area contributed by atoms with Crippen LogP contribution in [0.5, 0.6) is 0 Å². The van der Waals surface area contributed by atoms with E-state index in [9.17, 15) is 9.59 Å². The predicted molar refractivity (Wildman–Crippen MR) is 58.4 cm³/mol. The van der Waals surface area contributed by atoms with Gasteiger partial charge < -0.3 is 9.90 Å². The highest BCUT2D eigenvalue weighted by Crippen LogP contribution is 2.24. The van der Waals surface area contributed by atoms with Crippen molar-refractivity contribution in [1.82, 2.24) is 4.98 Å². The van der Waals surface area contributed by atoms with Crippen molar-refractivity contribution in [2.24, 2.45) is 0 Å². The number of nitrogens with one attached hydrogen (secondary N) is 1. The Kier molecular flexibility index (Phi) is 3.79. The van der Waals surface area contributed by atoms with Gasteiger partial charge in [0.15, 0.2) is 0 Å². The molecule has 1 unspecified atom stereocenters. The van der Waals surface area contributed by atoms with Crippen LogP contribution in [-0.2, 0) is 4.79 Å². The van der Waals surface area contributed by atoms with E-state index in [1.54, 1.807) is 13.0 Å². The molecule has 1 atom stereocenters. The van der Waals surface area contributed by atoms with Gasteiger partial charge in [-0.2, -0.15) is 0 Å². The number of aromatic nitrogens is 1. The maximum Gasteiger partial charge on any atom is 0.410 e. The maximum absolute atomic E-state index is 10.5. The van der Waals surface area contributed by atoms with Crippen molar-refractivity contribution < 1.29 is 14.7 Å². The number of carbonyl (C=O) groups is 2. The number of carbonyl (C=O) groups excluding carboxylic acids is 1. The van der Waals surface area contributed by atoms with Gasteiger partial charge in [0, 0.05) is 6.20 Å². The number of carboxylic acid groups (broad SMARTS) is 1. The number of hydrogen-bond donors (Lipinski definition) is 2. The minimum Gasteiger partial charge on any atom is -0.465 e. The number of aryl methyl sites for hydroxylation is 1. The zero-order valence-electron chi connectivity index (χ0n) is 7.90. The lowest BCUT2D eigenvalue weighted by molar-refractivity contribution is -0.107. The number of aldehydes is 1. The second-order valence-corrected chi connectivity index (χ2v) is 3.88. The Morgan fingerprint density at radius 2 is 2.40 bits per heavy atom. The summed E-state index contributed by atoms with van der Waals surface area (Å²) in [7, 11) is 0. The first kappa shape index (κ1) is 11.6. The van der Waals surface area contributed by atoms with Crippen molar-refractivity contribution in [1.29, 1.82) is 0 Å². The molecule has 5 nitrogen and oxygen atoms in total. The Bertz CT molecular complexity index is 395. The van der Waals surface area contributed by atoms with Crippen LogP contribution in [0.25, 0.3) is 0 Å². The Balaban J connectivity index is 2.97. The van der Waals surface area contributed by atoms with Gasteiger partial charge in [-0.05, 0) is 24.1 Å². The molecule has 0 aromatic carbocycles. The third-order valence-corrected chi connectivity index (χ3v) is 2.51. The molecule has 1 heterocycles. The van der Waals surface area contributed by atoms with E-state index < -0.39 is 10.9 Å². The molecule has 1 aromatic heterocycles. The zero-order valence-corrected chi connectivity index (χ0v) is 9.48. The molecule has 15 heavy (non-hydrogen) atoms. The number of amides is 1. The first-order valence-electron chi connectivity index (χ1n) is 4.10. The van der Waals surface area contributed by atoms with E-state index in [1.165, 1.54) is 6.20 Å². The normalized spacial score (nSPS) is 11.9. The molecule has 0 spiro atoms. The molecule has 0 fully saturated rings. The van der Waals surface area contributed by atoms with Crippen molar-refractivity contribution in [3.63, 3.8) is 0 Å². The van der Waals surface area contributed by atoms with Gasteiger partial charge in [-0.25, -0.2) is 9.78 Å². The molecule has 0 aliphatic carbocycles. The van der Waals surface area contributed by atoms with Gasteiger partial charge in [0.1, 0.15) is 12.1 Å². The number of hydrogen-bond acceptors (Lipinski definition) is 3. The highest BCUT2D eigenvalue weighted by molar-refractivity contribution is 9.09. The smallest absolute Gasteiger partial charge is 0.410 e. The van der Waals surface area contributed by atoms with Crippen LogP contribution in [0.1, 0.15) is 16.0 Å². The largest absolute Gasteiger partial charge is 0.465 e. The fraction of sp³-hybridized carbons (Fsp3) is 0.222. The van der Waals surface area contributed by atoms with E-state index in [0.29, 0.717) is 0 Å². The third-order valence-electron chi connectivity index (χ3n) is 1.80. The van der Waals surface area contributed by atoms with Crippen LogP contribution in [-0.4, -0.2) is 22.5 Å². The summed E-state index contributed by atoms with van der Waals surface area (Å²) in [5, 5.41) is 10.6. The molecule has 0 aliphatic rings. The Morgan fingerprint density at radius 3 is 2.87 bits per heavy atom. The highest BCUT2D eigenvalue weighted by atomic mass is 79.9. The van der Waals surface area contributed by atoms with Gasteiger partial charge in [-0.15, -0.1) is 0 Å². The van der Waals surface area contributed by atoms with Gasteiger partial charge in [-0.3, -0.25) is 5.32 Å². The standard InChI is InChI=1S/C9H9BrN2O3/c1-5-2-8(12-9(14)15)11-3-6(5)7(10)4-13/h2-4,7H,1H3,(H,11,12)(H,14,15). The van der Waals surface area contributed by atoms with E-state index in [2.05, 4.69) is 26.2 Å². The second-order valence-electron chi connectivity index (χ2n) is 2.89. The molecule has 1 rings (SSSR count). The van der Waals surface area contributed by atoms with E-state index in [-0.39, 0.29) is 5.82 Å². The molecule has 0 saturated heterocycles. The Labute approximate surface area is 94.6 Å². The predicted octanol–water partition coefficient (Wildman–Crippen LogP) is 2.11. The number of halogens is 1. The third kappa shape index (κ3) is 3.02. The fourth-order valence-corrected chi connectivity index (χ4v) is 1.59. The highest BCUT2D eigenvalue weighted by Gasteiger charge is 2.10. The minimum atomic E-state index is -1.17. The number of nitrogens with zero attached hydrogens (tertiary/aromatic N) is 1. The number of alkyl halides is 1. The van der Waals surface area contributed by atoms with Crippen molar-refractivity contribution in [3.8, 4) is 0 Å². The van der Waals surface area contributed by atoms with Crippen LogP contribution in [0.2, 0.25) is 0 Å². The van der Waals surface area contributed by atoms with Gasteiger partial charge in [0.2, 0.25) is 0 Å². The second kappa shape index (κ2) is 4.88. The van der Waals surface area contributed by atoms with Crippen LogP contribution in [0, 0.1) is 6.92 Å². The van der Waals surface area contributed by atoms with Crippen LogP contribution >= 0.6 is 15.9 Å². The van der Waals surface area contributed by atoms with E-state index in [0.717, 1.165) is 17.4 Å². The minimum absolute atomic E-state index is 0.245. The van der Waals surface area contributed by atoms with E-state index in [1.807, 2.05) is 0 Å². The lowest BCUT2D eigenvalue weighted by atomic mass is 10.1. The SMILES string of the molecule is Cc1cc(NC(=O)O)ncc1C(Br)C=O. The first-order chi connectivity index (χ1) is 7.04. The summed E-state index contributed by atoms with van der Waals surface area (Å²) in [5.74, 6) is 0.245. The van der Waals surface area contributed by atoms with E-state index in [4.69, 9.17) is 5.11 Å². The maximum atomic E-state index is 10.5. The lowest BCUT2D eigenvalue weighted by Crippen LogP contribution is -2.09. The Morgan fingerprint density at radius 1 is 1.73 bits per heavy atom. The molecule has 1 aromatic rings. The van der Waals surface area contributed by atoms with Crippen LogP contribution in [0.3, 0.4) is 0 Å². The topological polar surface area (TPSA) is 79.3 Å². The van der Waals surface area contributed by atoms with Crippen molar-refractivity contribution >= 4 is 34.1 Å². The quantitative estimate of drug-likeness (QED) is 0.653. The number of pyridine rings is 1. The summed E-state index contributed by atoms with van der Waals surface area (Å²) in [6.07, 6.45) is 1.04. The fourth-order valence-electron chi connectivity index (χ4n) is 1.11. The molecule has 6 heteroatoms. The summed E-state index contributed by atoms with van der Waals surface area (Å²) in [5.41, 5.74) is 1.52. The summed E-state index contributed by atoms with van der Waals surface area (Å²) < 4.78 is 0. The zero-order chi connectivity index (χ0) is 11.4. The van der Waals surface area contributed by atoms with Crippen LogP contribution in [0.4, 0.5) is 10.6 Å². The molecular formula is C9H9BrN2O3. The first-order valence-corrected chi connectivity index (χ1v) is 5.02. The molecule has 0 radical (unpaired) electrons.